The van der Waals surface area contributed by atoms with Gasteiger partial charge in [-0.25, -0.2) is 8.62 Å². The third-order valence-corrected chi connectivity index (χ3v) is 13.3. The molecular formula is C14H16Br2NaO8P3. The molecule has 5 unspecified atom stereocenters. The Labute approximate surface area is 202 Å². The van der Waals surface area contributed by atoms with Crippen molar-refractivity contribution in [3.05, 3.63) is 48.6 Å². The van der Waals surface area contributed by atoms with Crippen molar-refractivity contribution in [3.63, 3.8) is 0 Å². The molecule has 2 N–H and O–H groups in total. The molecule has 0 saturated carbocycles. The molecule has 1 fully saturated rings. The van der Waals surface area contributed by atoms with Gasteiger partial charge in [0.05, 0.1) is 8.65 Å². The van der Waals surface area contributed by atoms with Crippen LogP contribution in [0.25, 0.3) is 0 Å². The summed E-state index contributed by atoms with van der Waals surface area (Å²) in [5.74, 6) is -3.47. The average molecular weight is 588 g/mol. The molecule has 8 nitrogen and oxygen atoms in total. The van der Waals surface area contributed by atoms with Crippen LogP contribution in [0, 0.1) is 0 Å². The molecule has 28 heavy (non-hydrogen) atoms. The molecule has 0 bridgehead atoms. The van der Waals surface area contributed by atoms with Crippen molar-refractivity contribution in [2.45, 2.75) is 33.2 Å². The van der Waals surface area contributed by atoms with Crippen LogP contribution in [0.2, 0.25) is 0 Å². The van der Waals surface area contributed by atoms with Crippen LogP contribution in [0.5, 0.6) is 0 Å². The number of aliphatic hydroxyl groups excluding tert-OH is 2. The standard InChI is InChI=1S/C14H17Br2O8P3.Na/c15-13(7-3-1-4-8-13)11(17)26(19,20)22-25-23-27(21,24-25)12(18)14(16)9-5-2-6-10-14;/h1-7,9,11-12,17-18H,8,10H2,(H,19,20);/q;+1/p-1. The second-order valence-electron chi connectivity index (χ2n) is 6.13. The maximum Gasteiger partial charge on any atom is 1.00 e. The zero-order valence-electron chi connectivity index (χ0n) is 14.6. The molecule has 3 rings (SSSR count). The first kappa shape index (κ1) is 25.8. The van der Waals surface area contributed by atoms with Crippen molar-refractivity contribution >= 4 is 55.7 Å². The van der Waals surface area contributed by atoms with E-state index in [0.29, 0.717) is 6.42 Å². The van der Waals surface area contributed by atoms with Gasteiger partial charge >= 0.3 is 45.8 Å². The molecule has 1 saturated heterocycles. The SMILES string of the molecule is O=P([O-])(OP1OP(=O)(C(O)C2(Br)C=CC=CC2)O1)C(O)C1(Br)C=CC=CC1.[Na+]. The topological polar surface area (TPSA) is 125 Å². The number of halogens is 2. The van der Waals surface area contributed by atoms with Crippen LogP contribution in [0.3, 0.4) is 0 Å². The summed E-state index contributed by atoms with van der Waals surface area (Å²) in [6.45, 7) is 0. The van der Waals surface area contributed by atoms with Crippen LogP contribution in [0.1, 0.15) is 12.8 Å². The van der Waals surface area contributed by atoms with Crippen LogP contribution in [0.4, 0.5) is 0 Å². The predicted molar refractivity (Wildman–Crippen MR) is 107 cm³/mol. The van der Waals surface area contributed by atoms with Gasteiger partial charge in [-0.15, -0.1) is 0 Å². The zero-order valence-corrected chi connectivity index (χ0v) is 22.5. The monoisotopic (exact) mass is 586 g/mol. The van der Waals surface area contributed by atoms with E-state index < -0.39 is 44.1 Å². The van der Waals surface area contributed by atoms with Crippen LogP contribution < -0.4 is 34.5 Å². The summed E-state index contributed by atoms with van der Waals surface area (Å²) in [5.41, 5.74) is 0. The van der Waals surface area contributed by atoms with Crippen molar-refractivity contribution in [3.8, 4) is 0 Å². The number of hydrogen-bond donors (Lipinski definition) is 2. The normalized spacial score (nSPS) is 40.8. The van der Waals surface area contributed by atoms with Gasteiger partial charge in [-0.2, -0.15) is 0 Å². The number of rotatable bonds is 6. The van der Waals surface area contributed by atoms with E-state index in [4.69, 9.17) is 12.9 Å². The summed E-state index contributed by atoms with van der Waals surface area (Å²) < 4.78 is 37.4. The van der Waals surface area contributed by atoms with E-state index >= 15 is 0 Å². The van der Waals surface area contributed by atoms with Crippen molar-refractivity contribution in [2.24, 2.45) is 0 Å². The molecule has 0 amide bonds. The summed E-state index contributed by atoms with van der Waals surface area (Å²) in [6.07, 6.45) is 13.8. The Balaban J connectivity index is 0.00000280. The summed E-state index contributed by atoms with van der Waals surface area (Å²) in [7, 11) is -11.4. The average Bonchev–Trinajstić information content (AvgIpc) is 2.60. The van der Waals surface area contributed by atoms with E-state index in [-0.39, 0.29) is 36.0 Å². The quantitative estimate of drug-likeness (QED) is 0.268. The van der Waals surface area contributed by atoms with Crippen LogP contribution in [-0.2, 0) is 22.1 Å². The molecule has 1 aliphatic heterocycles. The molecule has 1 heterocycles. The molecular weight excluding hydrogens is 572 g/mol. The first-order valence-electron chi connectivity index (χ1n) is 7.73. The summed E-state index contributed by atoms with van der Waals surface area (Å²) in [4.78, 5) is 12.3. The number of alkyl halides is 2. The number of allylic oxidation sites excluding steroid dienone is 6. The van der Waals surface area contributed by atoms with E-state index in [9.17, 15) is 24.2 Å². The van der Waals surface area contributed by atoms with E-state index in [1.807, 2.05) is 0 Å². The smallest absolute Gasteiger partial charge is 0.776 e. The largest absolute Gasteiger partial charge is 1.00 e. The van der Waals surface area contributed by atoms with Crippen molar-refractivity contribution in [2.75, 3.05) is 0 Å². The fourth-order valence-corrected chi connectivity index (χ4v) is 10.3. The number of hydrogen-bond acceptors (Lipinski definition) is 8. The minimum atomic E-state index is -4.86. The van der Waals surface area contributed by atoms with Crippen LogP contribution in [0.15, 0.2) is 48.6 Å². The third kappa shape index (κ3) is 5.31. The van der Waals surface area contributed by atoms with Gasteiger partial charge in [0.25, 0.3) is 0 Å². The van der Waals surface area contributed by atoms with Crippen LogP contribution in [-0.4, -0.2) is 30.6 Å². The molecule has 2 aliphatic carbocycles. The third-order valence-electron chi connectivity index (χ3n) is 4.10. The maximum atomic E-state index is 12.6. The molecule has 150 valence electrons. The first-order chi connectivity index (χ1) is 12.5. The molecule has 14 heteroatoms. The van der Waals surface area contributed by atoms with Gasteiger partial charge in [-0.1, -0.05) is 80.5 Å². The predicted octanol–water partition coefficient (Wildman–Crippen LogP) is 0.964. The van der Waals surface area contributed by atoms with Crippen molar-refractivity contribution in [1.29, 1.82) is 0 Å². The van der Waals surface area contributed by atoms with E-state index in [2.05, 4.69) is 31.9 Å². The first-order valence-corrected chi connectivity index (χ1v) is 13.6. The molecule has 5 atom stereocenters. The maximum absolute atomic E-state index is 12.6. The molecule has 0 aromatic carbocycles. The molecule has 0 aromatic rings. The van der Waals surface area contributed by atoms with Gasteiger partial charge in [0, 0.05) is 0 Å². The number of aliphatic hydroxyl groups is 2. The Bertz CT molecular complexity index is 810. The van der Waals surface area contributed by atoms with Gasteiger partial charge in [0.1, 0.15) is 5.85 Å². The molecule has 0 aromatic heterocycles. The molecule has 0 spiro atoms. The minimum absolute atomic E-state index is 0. The van der Waals surface area contributed by atoms with E-state index in [0.717, 1.165) is 0 Å². The van der Waals surface area contributed by atoms with Gasteiger partial charge in [0.15, 0.2) is 13.4 Å². The Hall–Kier alpha value is 1.57. The van der Waals surface area contributed by atoms with Crippen LogP contribution >= 0.6 is 55.7 Å². The van der Waals surface area contributed by atoms with E-state index in [1.54, 1.807) is 42.5 Å². The van der Waals surface area contributed by atoms with Gasteiger partial charge in [0.2, 0.25) is 0 Å². The second kappa shape index (κ2) is 9.60. The molecule has 0 radical (unpaired) electrons. The Morgan fingerprint density at radius 2 is 1.61 bits per heavy atom. The Kier molecular flexibility index (Phi) is 8.85. The van der Waals surface area contributed by atoms with Gasteiger partial charge < -0.3 is 19.7 Å². The fraction of sp³-hybridized carbons (Fsp3) is 0.429. The van der Waals surface area contributed by atoms with Gasteiger partial charge in [-0.05, 0) is 12.8 Å². The summed E-state index contributed by atoms with van der Waals surface area (Å²) in [6, 6.07) is 0. The summed E-state index contributed by atoms with van der Waals surface area (Å²) >= 11 is 6.51. The Morgan fingerprint density at radius 1 is 1.11 bits per heavy atom. The van der Waals surface area contributed by atoms with E-state index in [1.165, 1.54) is 6.08 Å². The molecule has 3 aliphatic rings. The van der Waals surface area contributed by atoms with Crippen molar-refractivity contribution in [1.82, 2.24) is 0 Å². The van der Waals surface area contributed by atoms with Crippen molar-refractivity contribution < 1.29 is 66.7 Å². The minimum Gasteiger partial charge on any atom is -0.776 e. The summed E-state index contributed by atoms with van der Waals surface area (Å²) in [5, 5.41) is 20.6. The zero-order chi connectivity index (χ0) is 19.9. The Morgan fingerprint density at radius 3 is 2.07 bits per heavy atom. The fourth-order valence-electron chi connectivity index (χ4n) is 2.58. The van der Waals surface area contributed by atoms with Gasteiger partial charge in [-0.3, -0.25) is 8.88 Å². The second-order valence-corrected chi connectivity index (χ2v) is 14.6.